The zero-order valence-electron chi connectivity index (χ0n) is 12.5. The summed E-state index contributed by atoms with van der Waals surface area (Å²) in [6.07, 6.45) is 1.63. The lowest BCUT2D eigenvalue weighted by Crippen LogP contribution is -2.41. The fourth-order valence-electron chi connectivity index (χ4n) is 2.63. The average Bonchev–Trinajstić information content (AvgIpc) is 2.53. The van der Waals surface area contributed by atoms with E-state index in [1.807, 2.05) is 6.92 Å². The molecule has 0 bridgehead atoms. The number of hydrogen-bond acceptors (Lipinski definition) is 4. The summed E-state index contributed by atoms with van der Waals surface area (Å²) in [5, 5.41) is 9.04. The minimum absolute atomic E-state index is 0.127. The van der Waals surface area contributed by atoms with E-state index in [4.69, 9.17) is 10.00 Å². The predicted octanol–water partition coefficient (Wildman–Crippen LogP) is 2.13. The number of rotatable bonds is 5. The highest BCUT2D eigenvalue weighted by Crippen LogP contribution is 2.26. The summed E-state index contributed by atoms with van der Waals surface area (Å²) in [4.78, 5) is -0.257. The van der Waals surface area contributed by atoms with Crippen molar-refractivity contribution in [3.63, 3.8) is 0 Å². The first-order chi connectivity index (χ1) is 10.5. The molecule has 120 valence electrons. The highest BCUT2D eigenvalue weighted by atomic mass is 32.2. The van der Waals surface area contributed by atoms with Gasteiger partial charge in [-0.15, -0.1) is 0 Å². The summed E-state index contributed by atoms with van der Waals surface area (Å²) in [5.41, 5.74) is -0.422. The van der Waals surface area contributed by atoms with E-state index >= 15 is 0 Å². The van der Waals surface area contributed by atoms with Gasteiger partial charge in [-0.25, -0.2) is 12.8 Å². The standard InChI is InChI=1S/C15H19FN2O3S/c1-2-21-11-12-5-4-8-18(10-12)22(19,20)15-7-3-6-14(16)13(15)9-17/h3,6-7,12H,2,4-5,8,10-11H2,1H3/t12-/m0/s1. The molecule has 1 heterocycles. The van der Waals surface area contributed by atoms with Crippen LogP contribution in [0.3, 0.4) is 0 Å². The molecule has 5 nitrogen and oxygen atoms in total. The van der Waals surface area contributed by atoms with Crippen molar-refractivity contribution >= 4 is 10.0 Å². The Morgan fingerprint density at radius 3 is 2.95 bits per heavy atom. The monoisotopic (exact) mass is 326 g/mol. The number of ether oxygens (including phenoxy) is 1. The van der Waals surface area contributed by atoms with E-state index in [0.717, 1.165) is 18.9 Å². The Kier molecular flexibility index (Phi) is 5.51. The maximum Gasteiger partial charge on any atom is 0.244 e. The first-order valence-electron chi connectivity index (χ1n) is 7.27. The topological polar surface area (TPSA) is 70.4 Å². The maximum absolute atomic E-state index is 13.7. The molecular weight excluding hydrogens is 307 g/mol. The Hall–Kier alpha value is -1.49. The lowest BCUT2D eigenvalue weighted by Gasteiger charge is -2.31. The molecular formula is C15H19FN2O3S. The van der Waals surface area contributed by atoms with Gasteiger partial charge in [0.2, 0.25) is 10.0 Å². The van der Waals surface area contributed by atoms with Crippen molar-refractivity contribution < 1.29 is 17.5 Å². The number of nitriles is 1. The van der Waals surface area contributed by atoms with E-state index < -0.39 is 21.4 Å². The first kappa shape index (κ1) is 16.9. The van der Waals surface area contributed by atoms with Crippen LogP contribution >= 0.6 is 0 Å². The highest BCUT2D eigenvalue weighted by molar-refractivity contribution is 7.89. The lowest BCUT2D eigenvalue weighted by atomic mass is 10.0. The van der Waals surface area contributed by atoms with Crippen LogP contribution in [0.4, 0.5) is 4.39 Å². The van der Waals surface area contributed by atoms with Crippen LogP contribution in [-0.4, -0.2) is 39.0 Å². The van der Waals surface area contributed by atoms with Gasteiger partial charge in [-0.05, 0) is 37.8 Å². The third-order valence-corrected chi connectivity index (χ3v) is 5.65. The summed E-state index contributed by atoms with van der Waals surface area (Å²) in [7, 11) is -3.87. The largest absolute Gasteiger partial charge is 0.381 e. The van der Waals surface area contributed by atoms with E-state index in [0.29, 0.717) is 26.3 Å². The van der Waals surface area contributed by atoms with Crippen LogP contribution in [0.25, 0.3) is 0 Å². The molecule has 2 rings (SSSR count). The van der Waals surface area contributed by atoms with Crippen molar-refractivity contribution in [2.45, 2.75) is 24.7 Å². The van der Waals surface area contributed by atoms with Gasteiger partial charge in [0.25, 0.3) is 0 Å². The number of hydrogen-bond donors (Lipinski definition) is 0. The van der Waals surface area contributed by atoms with Crippen molar-refractivity contribution in [2.24, 2.45) is 5.92 Å². The molecule has 0 saturated carbocycles. The van der Waals surface area contributed by atoms with Crippen LogP contribution in [0.15, 0.2) is 23.1 Å². The first-order valence-corrected chi connectivity index (χ1v) is 8.71. The van der Waals surface area contributed by atoms with Crippen molar-refractivity contribution in [3.05, 3.63) is 29.6 Å². The van der Waals surface area contributed by atoms with Crippen LogP contribution in [-0.2, 0) is 14.8 Å². The predicted molar refractivity (Wildman–Crippen MR) is 79.1 cm³/mol. The fourth-order valence-corrected chi connectivity index (χ4v) is 4.34. The Labute approximate surface area is 130 Å². The SMILES string of the molecule is CCOC[C@H]1CCCN(S(=O)(=O)c2cccc(F)c2C#N)C1. The second-order valence-electron chi connectivity index (χ2n) is 5.26. The summed E-state index contributed by atoms with van der Waals surface area (Å²) in [5.74, 6) is -0.686. The Morgan fingerprint density at radius 2 is 2.27 bits per heavy atom. The molecule has 1 aliphatic rings. The molecule has 1 saturated heterocycles. The van der Waals surface area contributed by atoms with Gasteiger partial charge in [0.15, 0.2) is 0 Å². The normalized spacial score (nSPS) is 19.8. The molecule has 7 heteroatoms. The van der Waals surface area contributed by atoms with E-state index in [2.05, 4.69) is 0 Å². The van der Waals surface area contributed by atoms with Gasteiger partial charge in [-0.1, -0.05) is 6.07 Å². The summed E-state index contributed by atoms with van der Waals surface area (Å²) in [6, 6.07) is 5.33. The zero-order chi connectivity index (χ0) is 16.2. The molecule has 0 radical (unpaired) electrons. The van der Waals surface area contributed by atoms with E-state index in [1.54, 1.807) is 6.07 Å². The van der Waals surface area contributed by atoms with Gasteiger partial charge < -0.3 is 4.74 Å². The molecule has 0 amide bonds. The highest BCUT2D eigenvalue weighted by Gasteiger charge is 2.32. The molecule has 0 aromatic heterocycles. The van der Waals surface area contributed by atoms with E-state index in [9.17, 15) is 12.8 Å². The van der Waals surface area contributed by atoms with Gasteiger partial charge >= 0.3 is 0 Å². The van der Waals surface area contributed by atoms with E-state index in [1.165, 1.54) is 16.4 Å². The third kappa shape index (κ3) is 3.46. The van der Waals surface area contributed by atoms with Crippen molar-refractivity contribution in [1.82, 2.24) is 4.31 Å². The number of piperidine rings is 1. The van der Waals surface area contributed by atoms with Crippen molar-refractivity contribution in [1.29, 1.82) is 5.26 Å². The molecule has 1 aromatic rings. The lowest BCUT2D eigenvalue weighted by molar-refractivity contribution is 0.0864. The van der Waals surface area contributed by atoms with Gasteiger partial charge in [0.1, 0.15) is 22.3 Å². The van der Waals surface area contributed by atoms with Gasteiger partial charge in [-0.3, -0.25) is 0 Å². The number of sulfonamides is 1. The molecule has 0 spiro atoms. The summed E-state index contributed by atoms with van der Waals surface area (Å²) >= 11 is 0. The minimum atomic E-state index is -3.87. The Morgan fingerprint density at radius 1 is 1.50 bits per heavy atom. The fraction of sp³-hybridized carbons (Fsp3) is 0.533. The molecule has 1 atom stereocenters. The van der Waals surface area contributed by atoms with Crippen LogP contribution in [0.2, 0.25) is 0 Å². The molecule has 22 heavy (non-hydrogen) atoms. The third-order valence-electron chi connectivity index (χ3n) is 3.74. The van der Waals surface area contributed by atoms with Crippen LogP contribution < -0.4 is 0 Å². The summed E-state index contributed by atoms with van der Waals surface area (Å²) < 4.78 is 45.8. The average molecular weight is 326 g/mol. The molecule has 1 fully saturated rings. The van der Waals surface area contributed by atoms with Gasteiger partial charge in [0, 0.05) is 19.7 Å². The minimum Gasteiger partial charge on any atom is -0.381 e. The number of halogens is 1. The molecule has 1 aliphatic heterocycles. The number of nitrogens with zero attached hydrogens (tertiary/aromatic N) is 2. The van der Waals surface area contributed by atoms with Gasteiger partial charge in [0.05, 0.1) is 6.61 Å². The summed E-state index contributed by atoms with van der Waals surface area (Å²) in [6.45, 7) is 3.71. The van der Waals surface area contributed by atoms with Gasteiger partial charge in [-0.2, -0.15) is 9.57 Å². The second-order valence-corrected chi connectivity index (χ2v) is 7.16. The smallest absolute Gasteiger partial charge is 0.244 e. The van der Waals surface area contributed by atoms with Crippen LogP contribution in [0, 0.1) is 23.1 Å². The molecule has 0 aliphatic carbocycles. The maximum atomic E-state index is 13.7. The van der Waals surface area contributed by atoms with Crippen LogP contribution in [0.1, 0.15) is 25.3 Å². The van der Waals surface area contributed by atoms with E-state index in [-0.39, 0.29) is 10.8 Å². The van der Waals surface area contributed by atoms with Crippen molar-refractivity contribution in [3.8, 4) is 6.07 Å². The quantitative estimate of drug-likeness (QED) is 0.831. The number of benzene rings is 1. The van der Waals surface area contributed by atoms with Crippen molar-refractivity contribution in [2.75, 3.05) is 26.3 Å². The Balaban J connectivity index is 2.27. The molecule has 1 aromatic carbocycles. The second kappa shape index (κ2) is 7.18. The van der Waals surface area contributed by atoms with Crippen LogP contribution in [0.5, 0.6) is 0 Å². The molecule has 0 N–H and O–H groups in total. The Bertz CT molecular complexity index is 670. The molecule has 0 unspecified atom stereocenters. The zero-order valence-corrected chi connectivity index (χ0v) is 13.3.